The zero-order valence-electron chi connectivity index (χ0n) is 25.8. The molecule has 3 aromatic carbocycles. The molecule has 10 heteroatoms. The van der Waals surface area contributed by atoms with E-state index in [-0.39, 0.29) is 19.0 Å². The Hall–Kier alpha value is -5.35. The van der Waals surface area contributed by atoms with Crippen molar-refractivity contribution in [2.45, 2.75) is 26.8 Å². The van der Waals surface area contributed by atoms with Gasteiger partial charge in [-0.2, -0.15) is 0 Å². The average Bonchev–Trinajstić information content (AvgIpc) is 3.75. The number of esters is 1. The molecule has 2 aromatic heterocycles. The number of carbonyl (C=O) groups excluding carboxylic acids is 1. The minimum absolute atomic E-state index is 0.184. The monoisotopic (exact) mass is 633 g/mol. The maximum atomic E-state index is 14.3. The summed E-state index contributed by atoms with van der Waals surface area (Å²) in [6.45, 7) is 6.20. The molecule has 7 rings (SSSR count). The van der Waals surface area contributed by atoms with Crippen LogP contribution in [0, 0.1) is 13.8 Å². The first-order valence-corrected chi connectivity index (χ1v) is 15.7. The molecule has 5 aromatic rings. The lowest BCUT2D eigenvalue weighted by molar-refractivity contribution is -0.138. The van der Waals surface area contributed by atoms with E-state index >= 15 is 0 Å². The summed E-state index contributed by atoms with van der Waals surface area (Å²) >= 11 is 1.30. The third-order valence-electron chi connectivity index (χ3n) is 8.18. The number of hydrogen-bond acceptors (Lipinski definition) is 8. The van der Waals surface area contributed by atoms with E-state index in [9.17, 15) is 9.59 Å². The number of rotatable bonds is 7. The number of carbonyl (C=O) groups is 1. The number of fused-ring (bicyclic) bond motifs is 2. The Labute approximate surface area is 268 Å². The van der Waals surface area contributed by atoms with Crippen LogP contribution in [0.4, 0.5) is 0 Å². The highest BCUT2D eigenvalue weighted by Gasteiger charge is 2.35. The third kappa shape index (κ3) is 5.00. The van der Waals surface area contributed by atoms with Crippen molar-refractivity contribution >= 4 is 29.1 Å². The van der Waals surface area contributed by atoms with Crippen LogP contribution in [-0.2, 0) is 9.53 Å². The molecule has 0 radical (unpaired) electrons. The van der Waals surface area contributed by atoms with E-state index < -0.39 is 12.0 Å². The average molecular weight is 634 g/mol. The van der Waals surface area contributed by atoms with Crippen LogP contribution in [0.3, 0.4) is 0 Å². The van der Waals surface area contributed by atoms with Crippen LogP contribution in [0.15, 0.2) is 94.2 Å². The third-order valence-corrected chi connectivity index (χ3v) is 9.16. The summed E-state index contributed by atoms with van der Waals surface area (Å²) in [5.74, 6) is 1.56. The van der Waals surface area contributed by atoms with Crippen LogP contribution in [0.5, 0.6) is 17.2 Å². The SMILES string of the molecule is CCOC(=O)C1=C(c2ccccc2)N=c2s/c(=C/c3cc(C)n(-c4ccc5c(c4)OCO5)c3C)c(=O)n2[C@H]1c1ccc(OC)cc1. The number of hydrogen-bond donors (Lipinski definition) is 0. The standard InChI is InChI=1S/C36H31N3O6S/c1-5-43-35(41)31-32(23-9-7-6-8-10-23)37-36-39(33(31)24-11-14-27(42-4)15-12-24)34(40)30(46-36)18-25-17-21(2)38(22(25)3)26-13-16-28-29(19-26)45-20-44-28/h6-19,33H,5,20H2,1-4H3/b30-18+/t33-/m0/s1. The van der Waals surface area contributed by atoms with Gasteiger partial charge in [0.25, 0.3) is 5.56 Å². The normalized spacial score (nSPS) is 15.5. The molecule has 0 fully saturated rings. The van der Waals surface area contributed by atoms with Crippen LogP contribution >= 0.6 is 11.3 Å². The van der Waals surface area contributed by atoms with Gasteiger partial charge in [-0.1, -0.05) is 53.8 Å². The van der Waals surface area contributed by atoms with Gasteiger partial charge in [0.1, 0.15) is 5.75 Å². The van der Waals surface area contributed by atoms with Gasteiger partial charge >= 0.3 is 5.97 Å². The van der Waals surface area contributed by atoms with Gasteiger partial charge in [-0.15, -0.1) is 0 Å². The second-order valence-corrected chi connectivity index (χ2v) is 11.9. The quantitative estimate of drug-likeness (QED) is 0.232. The maximum absolute atomic E-state index is 14.3. The number of aromatic nitrogens is 2. The lowest BCUT2D eigenvalue weighted by atomic mass is 9.93. The van der Waals surface area contributed by atoms with E-state index in [0.29, 0.717) is 32.1 Å². The summed E-state index contributed by atoms with van der Waals surface area (Å²) < 4.78 is 26.3. The zero-order valence-corrected chi connectivity index (χ0v) is 26.6. The minimum atomic E-state index is -0.764. The highest BCUT2D eigenvalue weighted by atomic mass is 32.1. The summed E-state index contributed by atoms with van der Waals surface area (Å²) in [6.07, 6.45) is 1.90. The molecule has 0 amide bonds. The van der Waals surface area contributed by atoms with Crippen LogP contribution in [-0.4, -0.2) is 35.6 Å². The highest BCUT2D eigenvalue weighted by molar-refractivity contribution is 7.07. The number of nitrogens with zero attached hydrogens (tertiary/aromatic N) is 3. The summed E-state index contributed by atoms with van der Waals surface area (Å²) in [5, 5.41) is 0. The van der Waals surface area contributed by atoms with Gasteiger partial charge in [-0.05, 0) is 68.3 Å². The van der Waals surface area contributed by atoms with Crippen LogP contribution < -0.4 is 29.1 Å². The summed E-state index contributed by atoms with van der Waals surface area (Å²) in [6, 6.07) is 24.0. The Balaban J connectivity index is 1.43. The summed E-state index contributed by atoms with van der Waals surface area (Å²) in [4.78, 5) is 33.5. The fourth-order valence-corrected chi connectivity index (χ4v) is 7.03. The number of benzene rings is 3. The van der Waals surface area contributed by atoms with Crippen molar-refractivity contribution < 1.29 is 23.7 Å². The molecular weight excluding hydrogens is 602 g/mol. The lowest BCUT2D eigenvalue weighted by Gasteiger charge is -2.26. The number of ether oxygens (including phenoxy) is 4. The molecular formula is C36H31N3O6S. The highest BCUT2D eigenvalue weighted by Crippen LogP contribution is 2.37. The van der Waals surface area contributed by atoms with Crippen molar-refractivity contribution in [3.8, 4) is 22.9 Å². The molecule has 1 atom stereocenters. The summed E-state index contributed by atoms with van der Waals surface area (Å²) in [7, 11) is 1.60. The molecule has 0 aliphatic carbocycles. The van der Waals surface area contributed by atoms with Crippen molar-refractivity contribution in [3.63, 3.8) is 0 Å². The Morgan fingerprint density at radius 3 is 2.52 bits per heavy atom. The van der Waals surface area contributed by atoms with Crippen LogP contribution in [0.1, 0.15) is 41.0 Å². The number of methoxy groups -OCH3 is 1. The Morgan fingerprint density at radius 1 is 1.02 bits per heavy atom. The predicted octanol–water partition coefficient (Wildman–Crippen LogP) is 5.08. The Morgan fingerprint density at radius 2 is 1.78 bits per heavy atom. The second kappa shape index (κ2) is 11.9. The molecule has 232 valence electrons. The van der Waals surface area contributed by atoms with Crippen molar-refractivity contribution in [2.75, 3.05) is 20.5 Å². The lowest BCUT2D eigenvalue weighted by Crippen LogP contribution is -2.40. The van der Waals surface area contributed by atoms with E-state index in [1.165, 1.54) is 11.3 Å². The Kier molecular flexibility index (Phi) is 7.58. The minimum Gasteiger partial charge on any atom is -0.497 e. The van der Waals surface area contributed by atoms with Gasteiger partial charge < -0.3 is 23.5 Å². The molecule has 0 saturated heterocycles. The van der Waals surface area contributed by atoms with Gasteiger partial charge in [0, 0.05) is 28.7 Å². The molecule has 2 aliphatic rings. The van der Waals surface area contributed by atoms with Crippen molar-refractivity contribution in [1.29, 1.82) is 0 Å². The second-order valence-electron chi connectivity index (χ2n) is 10.9. The number of thiazole rings is 1. The van der Waals surface area contributed by atoms with Gasteiger partial charge in [0.15, 0.2) is 16.3 Å². The molecule has 0 N–H and O–H groups in total. The van der Waals surface area contributed by atoms with E-state index in [1.807, 2.05) is 92.7 Å². The smallest absolute Gasteiger partial charge is 0.338 e. The molecule has 0 spiro atoms. The molecule has 4 heterocycles. The first-order chi connectivity index (χ1) is 22.4. The molecule has 9 nitrogen and oxygen atoms in total. The van der Waals surface area contributed by atoms with Gasteiger partial charge in [-0.25, -0.2) is 9.79 Å². The van der Waals surface area contributed by atoms with Crippen molar-refractivity contribution in [3.05, 3.63) is 132 Å². The van der Waals surface area contributed by atoms with E-state index in [0.717, 1.165) is 39.5 Å². The molecule has 2 aliphatic heterocycles. The van der Waals surface area contributed by atoms with Crippen LogP contribution in [0.2, 0.25) is 0 Å². The number of aryl methyl sites for hydroxylation is 1. The topological polar surface area (TPSA) is 93.3 Å². The largest absolute Gasteiger partial charge is 0.497 e. The van der Waals surface area contributed by atoms with Gasteiger partial charge in [0.05, 0.1) is 35.6 Å². The van der Waals surface area contributed by atoms with E-state index in [1.54, 1.807) is 18.6 Å². The maximum Gasteiger partial charge on any atom is 0.338 e. The van der Waals surface area contributed by atoms with Crippen molar-refractivity contribution in [2.24, 2.45) is 4.99 Å². The van der Waals surface area contributed by atoms with Gasteiger partial charge in [-0.3, -0.25) is 9.36 Å². The van der Waals surface area contributed by atoms with E-state index in [2.05, 4.69) is 10.6 Å². The molecule has 0 unspecified atom stereocenters. The Bertz CT molecular complexity index is 2190. The fourth-order valence-electron chi connectivity index (χ4n) is 6.04. The summed E-state index contributed by atoms with van der Waals surface area (Å²) in [5.41, 5.74) is 5.84. The fraction of sp³-hybridized carbons (Fsp3) is 0.194. The first kappa shape index (κ1) is 29.4. The van der Waals surface area contributed by atoms with Gasteiger partial charge in [0.2, 0.25) is 6.79 Å². The van der Waals surface area contributed by atoms with Crippen LogP contribution in [0.25, 0.3) is 17.5 Å². The first-order valence-electron chi connectivity index (χ1n) is 14.9. The predicted molar refractivity (Wildman–Crippen MR) is 175 cm³/mol. The van der Waals surface area contributed by atoms with E-state index in [4.69, 9.17) is 23.9 Å². The van der Waals surface area contributed by atoms with Crippen molar-refractivity contribution in [1.82, 2.24) is 9.13 Å². The molecule has 0 saturated carbocycles. The molecule has 46 heavy (non-hydrogen) atoms. The zero-order chi connectivity index (χ0) is 31.9. The molecule has 0 bridgehead atoms.